The third kappa shape index (κ3) is 5.35. The highest BCUT2D eigenvalue weighted by Gasteiger charge is 2.23. The highest BCUT2D eigenvalue weighted by molar-refractivity contribution is 5.90. The summed E-state index contributed by atoms with van der Waals surface area (Å²) in [6.45, 7) is 2.03. The van der Waals surface area contributed by atoms with Gasteiger partial charge in [0, 0.05) is 43.6 Å². The highest BCUT2D eigenvalue weighted by Crippen LogP contribution is 2.25. The van der Waals surface area contributed by atoms with Crippen molar-refractivity contribution in [1.29, 1.82) is 0 Å². The lowest BCUT2D eigenvalue weighted by Crippen LogP contribution is -2.40. The van der Waals surface area contributed by atoms with Gasteiger partial charge in [0.25, 0.3) is 0 Å². The number of carbonyl (C=O) groups is 1. The Balaban J connectivity index is 1.30. The molecule has 1 saturated carbocycles. The summed E-state index contributed by atoms with van der Waals surface area (Å²) in [5.74, 6) is 1.05. The summed E-state index contributed by atoms with van der Waals surface area (Å²) in [6, 6.07) is 19.3. The van der Waals surface area contributed by atoms with Crippen molar-refractivity contribution in [2.24, 2.45) is 0 Å². The van der Waals surface area contributed by atoms with Gasteiger partial charge < -0.3 is 15.5 Å². The molecule has 3 aromatic rings. The maximum absolute atomic E-state index is 12.7. The van der Waals surface area contributed by atoms with Gasteiger partial charge in [0.1, 0.15) is 5.82 Å². The number of rotatable bonds is 6. The third-order valence-corrected chi connectivity index (χ3v) is 6.13. The van der Waals surface area contributed by atoms with Crippen LogP contribution < -0.4 is 15.5 Å². The molecular formula is C26H32N4O. The van der Waals surface area contributed by atoms with E-state index in [2.05, 4.69) is 56.9 Å². The van der Waals surface area contributed by atoms with Gasteiger partial charge in [-0.1, -0.05) is 42.5 Å². The molecular weight excluding hydrogens is 384 g/mol. The lowest BCUT2D eigenvalue weighted by molar-refractivity contribution is -0.121. The van der Waals surface area contributed by atoms with Crippen molar-refractivity contribution >= 4 is 28.2 Å². The molecule has 1 heterocycles. The number of hydrogen-bond acceptors (Lipinski definition) is 4. The normalized spacial score (nSPS) is 18.5. The number of anilines is 2. The second kappa shape index (κ2) is 9.38. The first-order valence-corrected chi connectivity index (χ1v) is 11.2. The van der Waals surface area contributed by atoms with Gasteiger partial charge in [0.15, 0.2) is 0 Å². The topological polar surface area (TPSA) is 57.3 Å². The number of nitrogens with zero attached hydrogens (tertiary/aromatic N) is 2. The maximum Gasteiger partial charge on any atom is 0.224 e. The summed E-state index contributed by atoms with van der Waals surface area (Å²) in [5.41, 5.74) is 3.26. The van der Waals surface area contributed by atoms with Gasteiger partial charge in [-0.2, -0.15) is 0 Å². The second-order valence-electron chi connectivity index (χ2n) is 8.82. The average molecular weight is 417 g/mol. The summed E-state index contributed by atoms with van der Waals surface area (Å²) in [5, 5.41) is 9.21. The van der Waals surface area contributed by atoms with E-state index in [1.54, 1.807) is 0 Å². The Morgan fingerprint density at radius 3 is 2.48 bits per heavy atom. The number of fused-ring (bicyclic) bond motifs is 1. The Morgan fingerprint density at radius 2 is 1.71 bits per heavy atom. The minimum Gasteiger partial charge on any atom is -0.377 e. The zero-order valence-corrected chi connectivity index (χ0v) is 18.7. The Kier molecular flexibility index (Phi) is 6.40. The van der Waals surface area contributed by atoms with Crippen molar-refractivity contribution in [1.82, 2.24) is 10.3 Å². The van der Waals surface area contributed by atoms with Gasteiger partial charge in [0.2, 0.25) is 5.91 Å². The summed E-state index contributed by atoms with van der Waals surface area (Å²) < 4.78 is 0. The molecule has 4 rings (SSSR count). The van der Waals surface area contributed by atoms with Gasteiger partial charge in [-0.25, -0.2) is 4.98 Å². The molecule has 1 aromatic heterocycles. The van der Waals surface area contributed by atoms with Gasteiger partial charge in [-0.15, -0.1) is 0 Å². The first-order chi connectivity index (χ1) is 15.0. The number of nitrogens with one attached hydrogen (secondary N) is 2. The fourth-order valence-electron chi connectivity index (χ4n) is 4.47. The van der Waals surface area contributed by atoms with Gasteiger partial charge in [0.05, 0.1) is 6.42 Å². The van der Waals surface area contributed by atoms with E-state index in [1.807, 2.05) is 39.2 Å². The zero-order valence-electron chi connectivity index (χ0n) is 18.7. The molecule has 0 bridgehead atoms. The van der Waals surface area contributed by atoms with Gasteiger partial charge in [-0.05, 0) is 55.0 Å². The molecule has 2 N–H and O–H groups in total. The molecule has 0 aliphatic heterocycles. The van der Waals surface area contributed by atoms with E-state index >= 15 is 0 Å². The summed E-state index contributed by atoms with van der Waals surface area (Å²) >= 11 is 0. The first kappa shape index (κ1) is 21.2. The fraction of sp³-hybridized carbons (Fsp3) is 0.385. The lowest BCUT2D eigenvalue weighted by Gasteiger charge is -2.30. The van der Waals surface area contributed by atoms with E-state index in [-0.39, 0.29) is 11.9 Å². The number of aryl methyl sites for hydroxylation is 1. The summed E-state index contributed by atoms with van der Waals surface area (Å²) in [4.78, 5) is 19.4. The largest absolute Gasteiger partial charge is 0.377 e. The van der Waals surface area contributed by atoms with Crippen LogP contribution >= 0.6 is 0 Å². The molecule has 162 valence electrons. The average Bonchev–Trinajstić information content (AvgIpc) is 2.75. The molecule has 0 spiro atoms. The smallest absolute Gasteiger partial charge is 0.224 e. The van der Waals surface area contributed by atoms with Crippen LogP contribution in [-0.4, -0.2) is 37.1 Å². The monoisotopic (exact) mass is 416 g/mol. The van der Waals surface area contributed by atoms with E-state index in [0.29, 0.717) is 12.5 Å². The molecule has 5 heteroatoms. The van der Waals surface area contributed by atoms with Crippen LogP contribution in [0.2, 0.25) is 0 Å². The van der Waals surface area contributed by atoms with E-state index in [0.717, 1.165) is 53.8 Å². The molecule has 31 heavy (non-hydrogen) atoms. The van der Waals surface area contributed by atoms with Crippen LogP contribution in [0.3, 0.4) is 0 Å². The van der Waals surface area contributed by atoms with E-state index < -0.39 is 0 Å². The van der Waals surface area contributed by atoms with E-state index in [4.69, 9.17) is 0 Å². The number of pyridine rings is 1. The second-order valence-corrected chi connectivity index (χ2v) is 8.82. The van der Waals surface area contributed by atoms with E-state index in [1.165, 1.54) is 5.39 Å². The molecule has 1 aliphatic rings. The number of amides is 1. The van der Waals surface area contributed by atoms with Crippen molar-refractivity contribution in [3.05, 3.63) is 65.9 Å². The van der Waals surface area contributed by atoms with Crippen molar-refractivity contribution in [3.63, 3.8) is 0 Å². The van der Waals surface area contributed by atoms with Crippen LogP contribution in [-0.2, 0) is 11.2 Å². The van der Waals surface area contributed by atoms with Crippen LogP contribution in [0, 0.1) is 6.92 Å². The molecule has 0 unspecified atom stereocenters. The first-order valence-electron chi connectivity index (χ1n) is 11.2. The van der Waals surface area contributed by atoms with Gasteiger partial charge in [-0.3, -0.25) is 4.79 Å². The Hall–Kier alpha value is -3.08. The van der Waals surface area contributed by atoms with Crippen LogP contribution in [0.15, 0.2) is 54.6 Å². The molecule has 5 nitrogen and oxygen atoms in total. The predicted molar refractivity (Wildman–Crippen MR) is 129 cm³/mol. The van der Waals surface area contributed by atoms with Crippen LogP contribution in [0.25, 0.3) is 10.8 Å². The third-order valence-electron chi connectivity index (χ3n) is 6.13. The Bertz CT molecular complexity index is 1050. The van der Waals surface area contributed by atoms with Crippen LogP contribution in [0.1, 0.15) is 36.9 Å². The van der Waals surface area contributed by atoms with Crippen LogP contribution in [0.5, 0.6) is 0 Å². The van der Waals surface area contributed by atoms with Crippen LogP contribution in [0.4, 0.5) is 11.5 Å². The quantitative estimate of drug-likeness (QED) is 0.612. The summed E-state index contributed by atoms with van der Waals surface area (Å²) in [7, 11) is 4.09. The molecule has 0 saturated heterocycles. The molecule has 0 radical (unpaired) electrons. The molecule has 0 atom stereocenters. The Labute approximate surface area is 184 Å². The minimum absolute atomic E-state index is 0.115. The highest BCUT2D eigenvalue weighted by atomic mass is 16.1. The molecule has 2 aromatic carbocycles. The van der Waals surface area contributed by atoms with Crippen molar-refractivity contribution in [3.8, 4) is 0 Å². The molecule has 1 amide bonds. The van der Waals surface area contributed by atoms with Gasteiger partial charge >= 0.3 is 0 Å². The maximum atomic E-state index is 12.7. The SMILES string of the molecule is Cc1cc(N(C)C)cc(NC2CCC(NC(=O)Cc3cccc4ccccc34)CC2)n1. The minimum atomic E-state index is 0.115. The zero-order chi connectivity index (χ0) is 21.8. The predicted octanol–water partition coefficient (Wildman–Crippen LogP) is 4.69. The lowest BCUT2D eigenvalue weighted by atomic mass is 9.91. The standard InChI is InChI=1S/C26H32N4O/c1-18-15-23(30(2)3)17-25(27-18)28-21-11-13-22(14-12-21)29-26(31)16-20-9-6-8-19-7-4-5-10-24(19)20/h4-10,15,17,21-22H,11-14,16H2,1-3H3,(H,27,28)(H,29,31). The van der Waals surface area contributed by atoms with Crippen molar-refractivity contribution in [2.75, 3.05) is 24.3 Å². The Morgan fingerprint density at radius 1 is 1.00 bits per heavy atom. The summed E-state index contributed by atoms with van der Waals surface area (Å²) in [6.07, 6.45) is 4.48. The van der Waals surface area contributed by atoms with Crippen molar-refractivity contribution in [2.45, 2.75) is 51.1 Å². The number of aromatic nitrogens is 1. The molecule has 1 aliphatic carbocycles. The number of hydrogen-bond donors (Lipinski definition) is 2. The molecule has 1 fully saturated rings. The number of carbonyl (C=O) groups excluding carboxylic acids is 1. The fourth-order valence-corrected chi connectivity index (χ4v) is 4.47. The number of benzene rings is 2. The van der Waals surface area contributed by atoms with Crippen molar-refractivity contribution < 1.29 is 4.79 Å². The van der Waals surface area contributed by atoms with E-state index in [9.17, 15) is 4.79 Å².